The zero-order chi connectivity index (χ0) is 19.0. The predicted molar refractivity (Wildman–Crippen MR) is 99.8 cm³/mol. The Morgan fingerprint density at radius 2 is 2.00 bits per heavy atom. The summed E-state index contributed by atoms with van der Waals surface area (Å²) in [4.78, 5) is 11.9. The van der Waals surface area contributed by atoms with Crippen molar-refractivity contribution in [1.82, 2.24) is 5.32 Å². The molecule has 0 spiro atoms. The molecule has 0 aliphatic carbocycles. The molecule has 0 aliphatic rings. The SMILES string of the molecule is C=CCO[C@@H](NC(=O)CCC)[C@H](C#N)C(C)O[Si](C)(C)C(C)(C)C. The van der Waals surface area contributed by atoms with Gasteiger partial charge in [-0.25, -0.2) is 0 Å². The van der Waals surface area contributed by atoms with Gasteiger partial charge in [0.25, 0.3) is 0 Å². The van der Waals surface area contributed by atoms with E-state index in [0.717, 1.165) is 6.42 Å². The molecule has 24 heavy (non-hydrogen) atoms. The molecular weight excluding hydrogens is 320 g/mol. The quantitative estimate of drug-likeness (QED) is 0.366. The first-order valence-corrected chi connectivity index (χ1v) is 11.5. The van der Waals surface area contributed by atoms with E-state index in [4.69, 9.17) is 9.16 Å². The lowest BCUT2D eigenvalue weighted by molar-refractivity contribution is -0.127. The number of carbonyl (C=O) groups excluding carboxylic acids is 1. The van der Waals surface area contributed by atoms with Gasteiger partial charge in [0.05, 0.1) is 18.8 Å². The highest BCUT2D eigenvalue weighted by molar-refractivity contribution is 6.74. The van der Waals surface area contributed by atoms with Crippen molar-refractivity contribution in [3.63, 3.8) is 0 Å². The Hall–Kier alpha value is -1.16. The van der Waals surface area contributed by atoms with Crippen LogP contribution >= 0.6 is 0 Å². The molecule has 0 aromatic rings. The maximum absolute atomic E-state index is 11.9. The van der Waals surface area contributed by atoms with Gasteiger partial charge < -0.3 is 14.5 Å². The van der Waals surface area contributed by atoms with Crippen LogP contribution < -0.4 is 5.32 Å². The van der Waals surface area contributed by atoms with Gasteiger partial charge in [0, 0.05) is 6.42 Å². The lowest BCUT2D eigenvalue weighted by Gasteiger charge is -2.40. The van der Waals surface area contributed by atoms with E-state index in [1.165, 1.54) is 0 Å². The zero-order valence-electron chi connectivity index (χ0n) is 16.3. The highest BCUT2D eigenvalue weighted by Crippen LogP contribution is 2.38. The number of amides is 1. The summed E-state index contributed by atoms with van der Waals surface area (Å²) in [5, 5.41) is 12.5. The smallest absolute Gasteiger partial charge is 0.222 e. The fourth-order valence-electron chi connectivity index (χ4n) is 2.00. The molecule has 3 atom stereocenters. The summed E-state index contributed by atoms with van der Waals surface area (Å²) in [6, 6.07) is 2.26. The van der Waals surface area contributed by atoms with Crippen LogP contribution in [0.15, 0.2) is 12.7 Å². The first-order valence-electron chi connectivity index (χ1n) is 8.59. The highest BCUT2D eigenvalue weighted by atomic mass is 28.4. The lowest BCUT2D eigenvalue weighted by Crippen LogP contribution is -2.50. The summed E-state index contributed by atoms with van der Waals surface area (Å²) in [6.45, 7) is 18.5. The molecule has 0 aliphatic heterocycles. The van der Waals surface area contributed by atoms with Crippen LogP contribution in [0.3, 0.4) is 0 Å². The van der Waals surface area contributed by atoms with Crippen LogP contribution in [-0.4, -0.2) is 33.2 Å². The Morgan fingerprint density at radius 3 is 2.42 bits per heavy atom. The number of carbonyl (C=O) groups is 1. The average Bonchev–Trinajstić information content (AvgIpc) is 2.43. The third-order valence-corrected chi connectivity index (χ3v) is 9.02. The minimum Gasteiger partial charge on any atom is -0.413 e. The molecule has 1 N–H and O–H groups in total. The summed E-state index contributed by atoms with van der Waals surface area (Å²) < 4.78 is 12.0. The van der Waals surface area contributed by atoms with Gasteiger partial charge in [0.1, 0.15) is 12.1 Å². The molecule has 0 rings (SSSR count). The molecule has 0 aromatic carbocycles. The summed E-state index contributed by atoms with van der Waals surface area (Å²) in [7, 11) is -2.02. The van der Waals surface area contributed by atoms with Crippen molar-refractivity contribution in [2.75, 3.05) is 6.61 Å². The molecule has 0 heterocycles. The maximum Gasteiger partial charge on any atom is 0.222 e. The van der Waals surface area contributed by atoms with E-state index >= 15 is 0 Å². The van der Waals surface area contributed by atoms with E-state index in [0.29, 0.717) is 6.42 Å². The molecule has 1 amide bonds. The van der Waals surface area contributed by atoms with Crippen molar-refractivity contribution in [3.05, 3.63) is 12.7 Å². The van der Waals surface area contributed by atoms with E-state index in [9.17, 15) is 10.1 Å². The van der Waals surface area contributed by atoms with Crippen LogP contribution in [0.2, 0.25) is 18.1 Å². The number of hydrogen-bond acceptors (Lipinski definition) is 4. The number of hydrogen-bond donors (Lipinski definition) is 1. The zero-order valence-corrected chi connectivity index (χ0v) is 17.3. The molecule has 138 valence electrons. The number of nitrogens with one attached hydrogen (secondary N) is 1. The van der Waals surface area contributed by atoms with Gasteiger partial charge in [-0.3, -0.25) is 4.79 Å². The normalized spacial score (nSPS) is 15.9. The van der Waals surface area contributed by atoms with Crippen molar-refractivity contribution in [3.8, 4) is 6.07 Å². The van der Waals surface area contributed by atoms with Crippen LogP contribution in [0.25, 0.3) is 0 Å². The van der Waals surface area contributed by atoms with Gasteiger partial charge in [-0.05, 0) is 31.5 Å². The molecule has 1 unspecified atom stereocenters. The highest BCUT2D eigenvalue weighted by Gasteiger charge is 2.41. The second-order valence-corrected chi connectivity index (χ2v) is 12.4. The van der Waals surface area contributed by atoms with Crippen LogP contribution in [0.1, 0.15) is 47.5 Å². The van der Waals surface area contributed by atoms with E-state index in [2.05, 4.69) is 51.8 Å². The van der Waals surface area contributed by atoms with Crippen molar-refractivity contribution in [2.24, 2.45) is 5.92 Å². The summed E-state index contributed by atoms with van der Waals surface area (Å²) in [5.41, 5.74) is 0. The van der Waals surface area contributed by atoms with Gasteiger partial charge in [-0.2, -0.15) is 5.26 Å². The van der Waals surface area contributed by atoms with E-state index in [1.54, 1.807) is 6.08 Å². The molecule has 0 saturated heterocycles. The molecule has 0 fully saturated rings. The first-order chi connectivity index (χ1) is 11.0. The first kappa shape index (κ1) is 22.8. The predicted octanol–water partition coefficient (Wildman–Crippen LogP) is 3.98. The van der Waals surface area contributed by atoms with E-state index in [1.807, 2.05) is 13.8 Å². The number of nitriles is 1. The van der Waals surface area contributed by atoms with Crippen molar-refractivity contribution in [1.29, 1.82) is 5.26 Å². The van der Waals surface area contributed by atoms with Gasteiger partial charge in [-0.1, -0.05) is 33.8 Å². The van der Waals surface area contributed by atoms with E-state index in [-0.39, 0.29) is 23.7 Å². The third kappa shape index (κ3) is 7.16. The average molecular weight is 355 g/mol. The maximum atomic E-state index is 11.9. The molecule has 5 nitrogen and oxygen atoms in total. The fraction of sp³-hybridized carbons (Fsp3) is 0.778. The molecule has 0 bridgehead atoms. The Kier molecular flexibility index (Phi) is 9.49. The van der Waals surface area contributed by atoms with Gasteiger partial charge in [0.2, 0.25) is 5.91 Å². The van der Waals surface area contributed by atoms with Crippen LogP contribution in [0.5, 0.6) is 0 Å². The molecule has 0 aromatic heterocycles. The Labute approximate surface area is 148 Å². The third-order valence-electron chi connectivity index (χ3n) is 4.44. The van der Waals surface area contributed by atoms with Crippen molar-refractivity contribution in [2.45, 2.75) is 77.9 Å². The molecular formula is C18H34N2O3Si. The van der Waals surface area contributed by atoms with Crippen LogP contribution in [0, 0.1) is 17.2 Å². The minimum atomic E-state index is -2.02. The summed E-state index contributed by atoms with van der Waals surface area (Å²) in [5.74, 6) is -0.703. The van der Waals surface area contributed by atoms with Crippen molar-refractivity contribution >= 4 is 14.2 Å². The van der Waals surface area contributed by atoms with E-state index < -0.39 is 20.5 Å². The number of ether oxygens (including phenoxy) is 1. The second kappa shape index (κ2) is 9.97. The van der Waals surface area contributed by atoms with Crippen LogP contribution in [-0.2, 0) is 14.0 Å². The Morgan fingerprint density at radius 1 is 1.42 bits per heavy atom. The number of rotatable bonds is 10. The van der Waals surface area contributed by atoms with Gasteiger partial charge in [-0.15, -0.1) is 6.58 Å². The fourth-order valence-corrected chi connectivity index (χ4v) is 3.43. The van der Waals surface area contributed by atoms with Gasteiger partial charge >= 0.3 is 0 Å². The van der Waals surface area contributed by atoms with Crippen LogP contribution in [0.4, 0.5) is 0 Å². The second-order valence-electron chi connectivity index (χ2n) is 7.60. The molecule has 0 saturated carbocycles. The van der Waals surface area contributed by atoms with Crippen molar-refractivity contribution < 1.29 is 14.0 Å². The molecule has 0 radical (unpaired) electrons. The Bertz CT molecular complexity index is 452. The van der Waals surface area contributed by atoms with Gasteiger partial charge in [0.15, 0.2) is 8.32 Å². The topological polar surface area (TPSA) is 71.3 Å². The molecule has 6 heteroatoms. The Balaban J connectivity index is 5.20. The standard InChI is InChI=1S/C18H34N2O3Si/c1-9-11-16(21)20-17(22-12-10-2)15(13-19)14(3)23-24(7,8)18(4,5)6/h10,14-15,17H,2,9,11-12H2,1,3-8H3,(H,20,21)/t14?,15-,17-/m1/s1. The monoisotopic (exact) mass is 354 g/mol. The summed E-state index contributed by atoms with van der Waals surface area (Å²) >= 11 is 0. The largest absolute Gasteiger partial charge is 0.413 e. The lowest BCUT2D eigenvalue weighted by atomic mass is 10.0. The number of nitrogens with zero attached hydrogens (tertiary/aromatic N) is 1. The summed E-state index contributed by atoms with van der Waals surface area (Å²) in [6.07, 6.45) is 1.71. The minimum absolute atomic E-state index is 0.0458.